The number of hydrogen-bond acceptors (Lipinski definition) is 3. The molecular weight excluding hydrogens is 302 g/mol. The number of carbonyl (C=O) groups is 1. The van der Waals surface area contributed by atoms with E-state index in [0.29, 0.717) is 6.54 Å². The lowest BCUT2D eigenvalue weighted by atomic mass is 9.93. The lowest BCUT2D eigenvalue weighted by molar-refractivity contribution is -0.135. The average Bonchev–Trinajstić information content (AvgIpc) is 3.10. The van der Waals surface area contributed by atoms with Crippen molar-refractivity contribution >= 4 is 5.91 Å². The van der Waals surface area contributed by atoms with Crippen LogP contribution in [0.1, 0.15) is 24.8 Å². The average molecular weight is 325 g/mol. The number of rotatable bonds is 5. The molecule has 2 aromatic rings. The number of benzene rings is 1. The van der Waals surface area contributed by atoms with Crippen molar-refractivity contribution in [3.8, 4) is 11.4 Å². The summed E-state index contributed by atoms with van der Waals surface area (Å²) < 4.78 is 7.05. The third-order valence-corrected chi connectivity index (χ3v) is 4.37. The van der Waals surface area contributed by atoms with Crippen LogP contribution >= 0.6 is 0 Å². The largest absolute Gasteiger partial charge is 0.497 e. The van der Waals surface area contributed by atoms with Gasteiger partial charge in [0.1, 0.15) is 5.75 Å². The van der Waals surface area contributed by atoms with Crippen molar-refractivity contribution in [2.75, 3.05) is 14.2 Å². The van der Waals surface area contributed by atoms with Crippen LogP contribution in [0.2, 0.25) is 0 Å². The monoisotopic (exact) mass is 325 g/mol. The summed E-state index contributed by atoms with van der Waals surface area (Å²) in [6, 6.07) is 7.74. The number of hydrogen-bond donors (Lipinski definition) is 0. The summed E-state index contributed by atoms with van der Waals surface area (Å²) in [4.78, 5) is 14.3. The Labute approximate surface area is 142 Å². The van der Waals surface area contributed by atoms with Crippen LogP contribution in [0.5, 0.6) is 5.75 Å². The Morgan fingerprint density at radius 2 is 2.29 bits per heavy atom. The summed E-state index contributed by atoms with van der Waals surface area (Å²) in [6.07, 6.45) is 10.8. The quantitative estimate of drug-likeness (QED) is 0.793. The molecule has 0 fully saturated rings. The molecule has 0 saturated carbocycles. The number of methoxy groups -OCH3 is 1. The number of ether oxygens (including phenoxy) is 1. The Balaban J connectivity index is 1.67. The molecule has 1 aliphatic carbocycles. The molecule has 1 aliphatic rings. The van der Waals surface area contributed by atoms with Gasteiger partial charge in [-0.25, -0.2) is 4.68 Å². The van der Waals surface area contributed by atoms with Crippen molar-refractivity contribution in [3.63, 3.8) is 0 Å². The fourth-order valence-corrected chi connectivity index (χ4v) is 3.02. The SMILES string of the molecule is COc1cccc(-n2cc(CN(C)C(=O)[C@@H]3CC=CCC3)cn2)c1. The van der Waals surface area contributed by atoms with Crippen molar-refractivity contribution in [1.29, 1.82) is 0 Å². The van der Waals surface area contributed by atoms with E-state index in [9.17, 15) is 4.79 Å². The molecular formula is C19H23N3O2. The summed E-state index contributed by atoms with van der Waals surface area (Å²) in [5, 5.41) is 4.40. The molecule has 1 aromatic heterocycles. The Morgan fingerprint density at radius 3 is 3.04 bits per heavy atom. The first-order valence-electron chi connectivity index (χ1n) is 8.25. The van der Waals surface area contributed by atoms with Crippen LogP contribution in [0.4, 0.5) is 0 Å². The molecule has 0 N–H and O–H groups in total. The summed E-state index contributed by atoms with van der Waals surface area (Å²) >= 11 is 0. The second-order valence-electron chi connectivity index (χ2n) is 6.17. The maximum atomic E-state index is 12.5. The molecule has 0 bridgehead atoms. The second kappa shape index (κ2) is 7.34. The van der Waals surface area contributed by atoms with E-state index in [-0.39, 0.29) is 11.8 Å². The minimum absolute atomic E-state index is 0.119. The highest BCUT2D eigenvalue weighted by molar-refractivity contribution is 5.78. The normalized spacial score (nSPS) is 16.8. The molecule has 0 saturated heterocycles. The topological polar surface area (TPSA) is 47.4 Å². The highest BCUT2D eigenvalue weighted by Crippen LogP contribution is 2.21. The molecule has 0 unspecified atom stereocenters. The molecule has 24 heavy (non-hydrogen) atoms. The standard InChI is InChI=1S/C19H23N3O2/c1-21(19(23)16-7-4-3-5-8-16)13-15-12-20-22(14-15)17-9-6-10-18(11-17)24-2/h3-4,6,9-12,14,16H,5,7-8,13H2,1-2H3/t16-/m1/s1. The van der Waals surface area contributed by atoms with Crippen LogP contribution in [-0.4, -0.2) is 34.7 Å². The first-order valence-corrected chi connectivity index (χ1v) is 8.25. The predicted octanol–water partition coefficient (Wildman–Crippen LogP) is 3.20. The minimum Gasteiger partial charge on any atom is -0.497 e. The van der Waals surface area contributed by atoms with Crippen LogP contribution in [0.25, 0.3) is 5.69 Å². The molecule has 3 rings (SSSR count). The highest BCUT2D eigenvalue weighted by atomic mass is 16.5. The lowest BCUT2D eigenvalue weighted by Crippen LogP contribution is -2.32. The highest BCUT2D eigenvalue weighted by Gasteiger charge is 2.22. The molecule has 5 heteroatoms. The third-order valence-electron chi connectivity index (χ3n) is 4.37. The zero-order valence-electron chi connectivity index (χ0n) is 14.2. The summed E-state index contributed by atoms with van der Waals surface area (Å²) in [5.41, 5.74) is 1.95. The van der Waals surface area contributed by atoms with Crippen molar-refractivity contribution in [2.45, 2.75) is 25.8 Å². The van der Waals surface area contributed by atoms with E-state index in [0.717, 1.165) is 36.3 Å². The van der Waals surface area contributed by atoms with Crippen LogP contribution in [0, 0.1) is 5.92 Å². The van der Waals surface area contributed by atoms with Crippen LogP contribution < -0.4 is 4.74 Å². The van der Waals surface area contributed by atoms with Crippen LogP contribution in [0.3, 0.4) is 0 Å². The van der Waals surface area contributed by atoms with E-state index < -0.39 is 0 Å². The first kappa shape index (κ1) is 16.3. The molecule has 1 atom stereocenters. The molecule has 1 amide bonds. The van der Waals surface area contributed by atoms with Crippen LogP contribution in [-0.2, 0) is 11.3 Å². The van der Waals surface area contributed by atoms with Gasteiger partial charge in [-0.05, 0) is 31.4 Å². The number of aromatic nitrogens is 2. The maximum Gasteiger partial charge on any atom is 0.226 e. The van der Waals surface area contributed by atoms with Gasteiger partial charge in [0.25, 0.3) is 0 Å². The van der Waals surface area contributed by atoms with Gasteiger partial charge in [0.15, 0.2) is 0 Å². The number of allylic oxidation sites excluding steroid dienone is 2. The number of carbonyl (C=O) groups excluding carboxylic acids is 1. The fourth-order valence-electron chi connectivity index (χ4n) is 3.02. The predicted molar refractivity (Wildman–Crippen MR) is 93.1 cm³/mol. The Morgan fingerprint density at radius 1 is 1.42 bits per heavy atom. The zero-order valence-corrected chi connectivity index (χ0v) is 14.2. The molecule has 1 heterocycles. The van der Waals surface area contributed by atoms with Crippen molar-refractivity contribution in [1.82, 2.24) is 14.7 Å². The van der Waals surface area contributed by atoms with Gasteiger partial charge >= 0.3 is 0 Å². The van der Waals surface area contributed by atoms with Crippen molar-refractivity contribution in [3.05, 3.63) is 54.4 Å². The van der Waals surface area contributed by atoms with Gasteiger partial charge in [-0.15, -0.1) is 0 Å². The zero-order chi connectivity index (χ0) is 16.9. The Kier molecular flexibility index (Phi) is 4.99. The van der Waals surface area contributed by atoms with E-state index >= 15 is 0 Å². The van der Waals surface area contributed by atoms with Gasteiger partial charge < -0.3 is 9.64 Å². The number of nitrogens with zero attached hydrogens (tertiary/aromatic N) is 3. The lowest BCUT2D eigenvalue weighted by Gasteiger charge is -2.24. The number of amides is 1. The third kappa shape index (κ3) is 3.67. The van der Waals surface area contributed by atoms with Gasteiger partial charge in [0.05, 0.1) is 19.0 Å². The summed E-state index contributed by atoms with van der Waals surface area (Å²) in [7, 11) is 3.51. The van der Waals surface area contributed by atoms with E-state index in [1.54, 1.807) is 16.7 Å². The van der Waals surface area contributed by atoms with Gasteiger partial charge in [-0.1, -0.05) is 18.2 Å². The summed E-state index contributed by atoms with van der Waals surface area (Å²) in [5.74, 6) is 1.13. The van der Waals surface area contributed by atoms with Gasteiger partial charge in [-0.2, -0.15) is 5.10 Å². The molecule has 0 spiro atoms. The van der Waals surface area contributed by atoms with Crippen molar-refractivity contribution in [2.24, 2.45) is 5.92 Å². The second-order valence-corrected chi connectivity index (χ2v) is 6.17. The fraction of sp³-hybridized carbons (Fsp3) is 0.368. The van der Waals surface area contributed by atoms with E-state index in [4.69, 9.17) is 4.74 Å². The smallest absolute Gasteiger partial charge is 0.226 e. The maximum absolute atomic E-state index is 12.5. The molecule has 5 nitrogen and oxygen atoms in total. The Hall–Kier alpha value is -2.56. The van der Waals surface area contributed by atoms with E-state index in [1.807, 2.05) is 43.7 Å². The molecule has 0 radical (unpaired) electrons. The molecule has 126 valence electrons. The molecule has 1 aromatic carbocycles. The minimum atomic E-state index is 0.119. The van der Waals surface area contributed by atoms with Gasteiger partial charge in [-0.3, -0.25) is 4.79 Å². The summed E-state index contributed by atoms with van der Waals surface area (Å²) in [6.45, 7) is 0.572. The van der Waals surface area contributed by atoms with Gasteiger partial charge in [0.2, 0.25) is 5.91 Å². The first-order chi connectivity index (χ1) is 11.7. The van der Waals surface area contributed by atoms with Crippen molar-refractivity contribution < 1.29 is 9.53 Å². The van der Waals surface area contributed by atoms with Crippen LogP contribution in [0.15, 0.2) is 48.8 Å². The van der Waals surface area contributed by atoms with E-state index in [1.165, 1.54) is 0 Å². The van der Waals surface area contributed by atoms with Gasteiger partial charge in [0, 0.05) is 37.3 Å². The Bertz CT molecular complexity index is 736. The molecule has 0 aliphatic heterocycles. The van der Waals surface area contributed by atoms with E-state index in [2.05, 4.69) is 17.3 Å².